The molecule has 0 unspecified atom stereocenters. The molecule has 156 valence electrons. The Labute approximate surface area is 173 Å². The predicted molar refractivity (Wildman–Crippen MR) is 116 cm³/mol. The number of benzene rings is 1. The second kappa shape index (κ2) is 9.79. The number of carbonyl (C=O) groups is 1. The average molecular weight is 397 g/mol. The molecule has 0 atom stereocenters. The van der Waals surface area contributed by atoms with Crippen molar-refractivity contribution in [1.82, 2.24) is 9.88 Å². The first-order valence-electron chi connectivity index (χ1n) is 10.4. The second-order valence-corrected chi connectivity index (χ2v) is 7.80. The van der Waals surface area contributed by atoms with Crippen LogP contribution in [0.15, 0.2) is 35.9 Å². The van der Waals surface area contributed by atoms with Crippen molar-refractivity contribution >= 4 is 5.97 Å². The van der Waals surface area contributed by atoms with E-state index in [-0.39, 0.29) is 0 Å². The van der Waals surface area contributed by atoms with Crippen molar-refractivity contribution in [3.8, 4) is 5.75 Å². The van der Waals surface area contributed by atoms with Gasteiger partial charge in [-0.3, -0.25) is 0 Å². The van der Waals surface area contributed by atoms with Crippen molar-refractivity contribution in [3.05, 3.63) is 64.0 Å². The van der Waals surface area contributed by atoms with Gasteiger partial charge in [-0.25, -0.2) is 4.79 Å². The highest BCUT2D eigenvalue weighted by Gasteiger charge is 2.22. The van der Waals surface area contributed by atoms with Crippen LogP contribution in [0, 0.1) is 13.8 Å². The first-order valence-corrected chi connectivity index (χ1v) is 10.4. The molecule has 1 aliphatic rings. The number of hydrogen-bond acceptors (Lipinski definition) is 3. The zero-order valence-corrected chi connectivity index (χ0v) is 17.8. The number of allylic oxidation sites excluding steroid dienone is 1. The number of carboxylic acid groups (broad SMARTS) is 1. The molecule has 3 rings (SSSR count). The molecule has 1 heterocycles. The van der Waals surface area contributed by atoms with Gasteiger partial charge >= 0.3 is 5.97 Å². The third-order valence-corrected chi connectivity index (χ3v) is 5.93. The van der Waals surface area contributed by atoms with Crippen molar-refractivity contribution in [1.29, 1.82) is 0 Å². The smallest absolute Gasteiger partial charge is 0.337 e. The molecular weight excluding hydrogens is 364 g/mol. The van der Waals surface area contributed by atoms with Crippen LogP contribution in [0.4, 0.5) is 0 Å². The van der Waals surface area contributed by atoms with Crippen molar-refractivity contribution < 1.29 is 14.6 Å². The Morgan fingerprint density at radius 2 is 1.93 bits per heavy atom. The summed E-state index contributed by atoms with van der Waals surface area (Å²) in [5, 5.41) is 13.3. The van der Waals surface area contributed by atoms with E-state index < -0.39 is 5.97 Å². The molecule has 0 saturated carbocycles. The fraction of sp³-hybridized carbons (Fsp3) is 0.458. The van der Waals surface area contributed by atoms with E-state index in [2.05, 4.69) is 16.0 Å². The number of ether oxygens (including phenoxy) is 1. The van der Waals surface area contributed by atoms with Gasteiger partial charge in [-0.15, -0.1) is 0 Å². The van der Waals surface area contributed by atoms with Gasteiger partial charge < -0.3 is 19.7 Å². The summed E-state index contributed by atoms with van der Waals surface area (Å²) in [4.78, 5) is 12.0. The largest absolute Gasteiger partial charge is 0.497 e. The summed E-state index contributed by atoms with van der Waals surface area (Å²) >= 11 is 0. The lowest BCUT2D eigenvalue weighted by atomic mass is 9.97. The molecule has 2 aromatic rings. The van der Waals surface area contributed by atoms with Gasteiger partial charge in [0.05, 0.1) is 12.7 Å². The summed E-state index contributed by atoms with van der Waals surface area (Å²) in [7, 11) is 1.65. The zero-order valence-electron chi connectivity index (χ0n) is 17.8. The molecule has 29 heavy (non-hydrogen) atoms. The molecular formula is C24H32N2O3. The average Bonchev–Trinajstić information content (AvgIpc) is 2.97. The Kier molecular flexibility index (Phi) is 7.15. The lowest BCUT2D eigenvalue weighted by Crippen LogP contribution is -2.18. The van der Waals surface area contributed by atoms with Crippen LogP contribution in [0.1, 0.15) is 65.0 Å². The van der Waals surface area contributed by atoms with Crippen molar-refractivity contribution in [2.45, 2.75) is 59.0 Å². The van der Waals surface area contributed by atoms with E-state index in [4.69, 9.17) is 4.74 Å². The van der Waals surface area contributed by atoms with Gasteiger partial charge in [-0.05, 0) is 70.2 Å². The topological polar surface area (TPSA) is 63.5 Å². The Morgan fingerprint density at radius 1 is 1.17 bits per heavy atom. The molecule has 0 fully saturated rings. The normalized spacial score (nSPS) is 14.0. The fourth-order valence-electron chi connectivity index (χ4n) is 4.19. The molecule has 1 aromatic heterocycles. The monoisotopic (exact) mass is 396 g/mol. The highest BCUT2D eigenvalue weighted by molar-refractivity contribution is 5.91. The van der Waals surface area contributed by atoms with Gasteiger partial charge in [0, 0.05) is 30.0 Å². The number of methoxy groups -OCH3 is 1. The molecule has 0 aliphatic heterocycles. The number of nitrogens with one attached hydrogen (secondary N) is 1. The minimum atomic E-state index is -0.856. The fourth-order valence-corrected chi connectivity index (χ4v) is 4.19. The van der Waals surface area contributed by atoms with Crippen LogP contribution >= 0.6 is 0 Å². The Morgan fingerprint density at radius 3 is 2.55 bits per heavy atom. The second-order valence-electron chi connectivity index (χ2n) is 7.80. The third kappa shape index (κ3) is 5.10. The quantitative estimate of drug-likeness (QED) is 0.470. The third-order valence-electron chi connectivity index (χ3n) is 5.93. The Balaban J connectivity index is 1.72. The number of aromatic nitrogens is 1. The van der Waals surface area contributed by atoms with E-state index in [9.17, 15) is 9.90 Å². The molecule has 0 bridgehead atoms. The van der Waals surface area contributed by atoms with Crippen LogP contribution in [0.5, 0.6) is 5.75 Å². The maximum Gasteiger partial charge on any atom is 0.337 e. The summed E-state index contributed by atoms with van der Waals surface area (Å²) in [5.41, 5.74) is 5.79. The molecule has 0 amide bonds. The van der Waals surface area contributed by atoms with E-state index in [0.29, 0.717) is 18.7 Å². The van der Waals surface area contributed by atoms with E-state index in [1.54, 1.807) is 7.11 Å². The first kappa shape index (κ1) is 21.2. The molecule has 5 heteroatoms. The number of carboxylic acids is 1. The van der Waals surface area contributed by atoms with E-state index in [0.717, 1.165) is 41.2 Å². The SMILES string of the molecule is COc1ccc(Cn2c(C)c(CNCCC3=CCCCC3)c(C(=O)O)c2C)cc1. The number of nitrogens with zero attached hydrogens (tertiary/aromatic N) is 1. The van der Waals surface area contributed by atoms with E-state index in [1.807, 2.05) is 38.1 Å². The van der Waals surface area contributed by atoms with Crippen LogP contribution in [0.25, 0.3) is 0 Å². The van der Waals surface area contributed by atoms with Gasteiger partial charge in [-0.2, -0.15) is 0 Å². The van der Waals surface area contributed by atoms with E-state index in [1.165, 1.54) is 31.3 Å². The summed E-state index contributed by atoms with van der Waals surface area (Å²) in [6, 6.07) is 7.91. The van der Waals surface area contributed by atoms with Crippen molar-refractivity contribution in [2.75, 3.05) is 13.7 Å². The minimum absolute atomic E-state index is 0.431. The highest BCUT2D eigenvalue weighted by Crippen LogP contribution is 2.25. The Hall–Kier alpha value is -2.53. The van der Waals surface area contributed by atoms with E-state index >= 15 is 0 Å². The maximum absolute atomic E-state index is 12.0. The maximum atomic E-state index is 12.0. The minimum Gasteiger partial charge on any atom is -0.497 e. The lowest BCUT2D eigenvalue weighted by Gasteiger charge is -2.13. The molecule has 1 aliphatic carbocycles. The van der Waals surface area contributed by atoms with Crippen LogP contribution < -0.4 is 10.1 Å². The zero-order chi connectivity index (χ0) is 20.8. The summed E-state index contributed by atoms with van der Waals surface area (Å²) in [5.74, 6) is -0.0373. The lowest BCUT2D eigenvalue weighted by molar-refractivity contribution is 0.0694. The molecule has 2 N–H and O–H groups in total. The van der Waals surface area contributed by atoms with Gasteiger partial charge in [0.2, 0.25) is 0 Å². The van der Waals surface area contributed by atoms with Gasteiger partial charge in [-0.1, -0.05) is 23.8 Å². The van der Waals surface area contributed by atoms with Crippen LogP contribution in [-0.4, -0.2) is 29.3 Å². The molecule has 0 saturated heterocycles. The summed E-state index contributed by atoms with van der Waals surface area (Å²) in [6.45, 7) is 6.03. The number of rotatable bonds is 9. The van der Waals surface area contributed by atoms with Crippen LogP contribution in [0.2, 0.25) is 0 Å². The molecule has 0 radical (unpaired) electrons. The van der Waals surface area contributed by atoms with Crippen molar-refractivity contribution in [2.24, 2.45) is 0 Å². The number of aromatic carboxylic acids is 1. The molecule has 0 spiro atoms. The molecule has 5 nitrogen and oxygen atoms in total. The van der Waals surface area contributed by atoms with Crippen LogP contribution in [-0.2, 0) is 13.1 Å². The molecule has 1 aromatic carbocycles. The summed E-state index contributed by atoms with van der Waals surface area (Å²) in [6.07, 6.45) is 8.42. The van der Waals surface area contributed by atoms with Gasteiger partial charge in [0.25, 0.3) is 0 Å². The predicted octanol–water partition coefficient (Wildman–Crippen LogP) is 4.84. The highest BCUT2D eigenvalue weighted by atomic mass is 16.5. The number of hydrogen-bond donors (Lipinski definition) is 2. The standard InChI is InChI=1S/C24H32N2O3/c1-17-22(15-25-14-13-19-7-5-4-6-8-19)23(24(27)28)18(2)26(17)16-20-9-11-21(29-3)12-10-20/h7,9-12,25H,4-6,8,13-16H2,1-3H3,(H,27,28). The van der Waals surface area contributed by atoms with Crippen LogP contribution in [0.3, 0.4) is 0 Å². The van der Waals surface area contributed by atoms with Gasteiger partial charge in [0.15, 0.2) is 0 Å². The Bertz CT molecular complexity index is 879. The first-order chi connectivity index (χ1) is 14.0. The van der Waals surface area contributed by atoms with Crippen molar-refractivity contribution in [3.63, 3.8) is 0 Å². The summed E-state index contributed by atoms with van der Waals surface area (Å²) < 4.78 is 7.33. The van der Waals surface area contributed by atoms with Gasteiger partial charge in [0.1, 0.15) is 5.75 Å².